The van der Waals surface area contributed by atoms with Gasteiger partial charge in [0, 0.05) is 37.9 Å². The molecule has 27 heavy (non-hydrogen) atoms. The van der Waals surface area contributed by atoms with Crippen LogP contribution in [0.4, 0.5) is 4.79 Å². The highest BCUT2D eigenvalue weighted by Gasteiger charge is 2.34. The van der Waals surface area contributed by atoms with Gasteiger partial charge in [-0.3, -0.25) is 4.79 Å². The van der Waals surface area contributed by atoms with Crippen molar-refractivity contribution in [2.24, 2.45) is 0 Å². The average molecular weight is 374 g/mol. The van der Waals surface area contributed by atoms with E-state index in [1.165, 1.54) is 0 Å². The Morgan fingerprint density at radius 3 is 2.63 bits per heavy atom. The van der Waals surface area contributed by atoms with E-state index in [4.69, 9.17) is 10.00 Å². The number of piperidine rings is 1. The average Bonchev–Trinajstić information content (AvgIpc) is 3.04. The van der Waals surface area contributed by atoms with Gasteiger partial charge < -0.3 is 24.4 Å². The van der Waals surface area contributed by atoms with E-state index in [9.17, 15) is 9.59 Å². The van der Waals surface area contributed by atoms with Crippen molar-refractivity contribution in [3.8, 4) is 6.19 Å². The largest absolute Gasteiger partial charge is 0.447 e. The van der Waals surface area contributed by atoms with Crippen molar-refractivity contribution in [1.29, 1.82) is 5.26 Å². The second-order valence-corrected chi connectivity index (χ2v) is 7.69. The smallest absolute Gasteiger partial charge is 0.410 e. The zero-order chi connectivity index (χ0) is 19.6. The molecule has 1 aromatic rings. The van der Waals surface area contributed by atoms with Crippen LogP contribution in [0.15, 0.2) is 6.20 Å². The molecule has 0 aromatic carbocycles. The maximum atomic E-state index is 12.7. The summed E-state index contributed by atoms with van der Waals surface area (Å²) >= 11 is 0. The molecule has 0 unspecified atom stereocenters. The molecule has 1 N–H and O–H groups in total. The van der Waals surface area contributed by atoms with Crippen LogP contribution in [0, 0.1) is 11.5 Å². The summed E-state index contributed by atoms with van der Waals surface area (Å²) in [6.07, 6.45) is 4.73. The number of carbonyl (C=O) groups is 2. The summed E-state index contributed by atoms with van der Waals surface area (Å²) in [5.41, 5.74) is -0.0261. The molecule has 1 aromatic heterocycles. The first kappa shape index (κ1) is 19.0. The Labute approximate surface area is 158 Å². The van der Waals surface area contributed by atoms with Gasteiger partial charge >= 0.3 is 6.09 Å². The predicted molar refractivity (Wildman–Crippen MR) is 96.5 cm³/mol. The molecule has 3 rings (SSSR count). The molecule has 0 spiro atoms. The lowest BCUT2D eigenvalue weighted by molar-refractivity contribution is 0.0579. The molecule has 9 nitrogen and oxygen atoms in total. The molecule has 9 heteroatoms. The van der Waals surface area contributed by atoms with Crippen molar-refractivity contribution in [2.45, 2.75) is 58.3 Å². The van der Waals surface area contributed by atoms with Crippen LogP contribution in [-0.2, 0) is 17.8 Å². The van der Waals surface area contributed by atoms with Gasteiger partial charge in [-0.15, -0.1) is 0 Å². The summed E-state index contributed by atoms with van der Waals surface area (Å²) in [4.78, 5) is 32.4. The fourth-order valence-electron chi connectivity index (χ4n) is 3.37. The summed E-state index contributed by atoms with van der Waals surface area (Å²) < 4.78 is 7.16. The van der Waals surface area contributed by atoms with Crippen molar-refractivity contribution in [1.82, 2.24) is 24.7 Å². The number of nitrogens with zero attached hydrogens (tertiary/aromatic N) is 5. The number of hydrogen-bond acceptors (Lipinski definition) is 6. The third-order valence-corrected chi connectivity index (χ3v) is 5.05. The van der Waals surface area contributed by atoms with Crippen LogP contribution >= 0.6 is 0 Å². The van der Waals surface area contributed by atoms with Crippen molar-refractivity contribution >= 4 is 12.0 Å². The minimum Gasteiger partial charge on any atom is -0.447 e. The van der Waals surface area contributed by atoms with E-state index in [0.717, 1.165) is 5.82 Å². The Bertz CT molecular complexity index is 758. The summed E-state index contributed by atoms with van der Waals surface area (Å²) in [5, 5.41) is 12.1. The normalized spacial score (nSPS) is 18.6. The number of ether oxygens (including phenoxy) is 1. The highest BCUT2D eigenvalue weighted by Crippen LogP contribution is 2.23. The van der Waals surface area contributed by atoms with Crippen LogP contribution in [0.1, 0.15) is 49.9 Å². The number of imidazole rings is 1. The van der Waals surface area contributed by atoms with Gasteiger partial charge in [0.1, 0.15) is 11.5 Å². The molecule has 0 bridgehead atoms. The van der Waals surface area contributed by atoms with Gasteiger partial charge in [-0.05, 0) is 33.6 Å². The third-order valence-electron chi connectivity index (χ3n) is 5.05. The first-order valence-electron chi connectivity index (χ1n) is 9.28. The summed E-state index contributed by atoms with van der Waals surface area (Å²) in [5.74, 6) is 0.505. The van der Waals surface area contributed by atoms with Crippen LogP contribution in [0.25, 0.3) is 0 Å². The second-order valence-electron chi connectivity index (χ2n) is 7.69. The number of aromatic nitrogens is 2. The van der Waals surface area contributed by atoms with Gasteiger partial charge in [-0.2, -0.15) is 5.26 Å². The highest BCUT2D eigenvalue weighted by atomic mass is 16.6. The number of nitriles is 1. The van der Waals surface area contributed by atoms with Crippen LogP contribution in [0.2, 0.25) is 0 Å². The summed E-state index contributed by atoms with van der Waals surface area (Å²) in [6, 6.07) is 0. The standard InChI is InChI=1S/C18H26N6O3/c1-13(2)27-17(26)23-6-4-18(3,5-7-23)21-16(25)14-10-24-9-8-22(12-19)11-15(24)20-14/h10,13H,4-9,11H2,1-3H3,(H,21,25). The van der Waals surface area contributed by atoms with Crippen LogP contribution in [0.5, 0.6) is 0 Å². The molecule has 0 radical (unpaired) electrons. The molecule has 1 fully saturated rings. The number of carbonyl (C=O) groups excluding carboxylic acids is 2. The van der Waals surface area contributed by atoms with Gasteiger partial charge in [0.05, 0.1) is 12.6 Å². The van der Waals surface area contributed by atoms with E-state index in [-0.39, 0.29) is 18.1 Å². The molecule has 146 valence electrons. The van der Waals surface area contributed by atoms with Crippen molar-refractivity contribution in [3.63, 3.8) is 0 Å². The molecule has 0 atom stereocenters. The highest BCUT2D eigenvalue weighted by molar-refractivity contribution is 5.92. The molecular weight excluding hydrogens is 348 g/mol. The molecule has 0 aliphatic carbocycles. The molecule has 2 aliphatic heterocycles. The zero-order valence-electron chi connectivity index (χ0n) is 16.1. The monoisotopic (exact) mass is 374 g/mol. The Balaban J connectivity index is 1.58. The van der Waals surface area contributed by atoms with Crippen LogP contribution in [0.3, 0.4) is 0 Å². The Morgan fingerprint density at radius 2 is 2.00 bits per heavy atom. The molecule has 2 aliphatic rings. The fourth-order valence-corrected chi connectivity index (χ4v) is 3.37. The minimum absolute atomic E-state index is 0.144. The van der Waals surface area contributed by atoms with Gasteiger partial charge in [0.25, 0.3) is 5.91 Å². The molecule has 0 saturated carbocycles. The van der Waals surface area contributed by atoms with E-state index in [1.54, 1.807) is 16.0 Å². The Hall–Kier alpha value is -2.76. The summed E-state index contributed by atoms with van der Waals surface area (Å²) in [6.45, 7) is 8.42. The van der Waals surface area contributed by atoms with Gasteiger partial charge in [0.2, 0.25) is 0 Å². The lowest BCUT2D eigenvalue weighted by atomic mass is 9.89. The Kier molecular flexibility index (Phi) is 5.26. The first-order valence-corrected chi connectivity index (χ1v) is 9.28. The number of fused-ring (bicyclic) bond motifs is 1. The molecule has 2 amide bonds. The maximum Gasteiger partial charge on any atom is 0.410 e. The topological polar surface area (TPSA) is 103 Å². The number of nitrogens with one attached hydrogen (secondary N) is 1. The second kappa shape index (κ2) is 7.47. The quantitative estimate of drug-likeness (QED) is 0.800. The zero-order valence-corrected chi connectivity index (χ0v) is 16.1. The molecule has 3 heterocycles. The molecule has 1 saturated heterocycles. The van der Waals surface area contributed by atoms with Crippen molar-refractivity contribution < 1.29 is 14.3 Å². The number of amides is 2. The van der Waals surface area contributed by atoms with E-state index in [2.05, 4.69) is 16.5 Å². The van der Waals surface area contributed by atoms with E-state index >= 15 is 0 Å². The van der Waals surface area contributed by atoms with E-state index < -0.39 is 5.54 Å². The first-order chi connectivity index (χ1) is 12.8. The predicted octanol–water partition coefficient (Wildman–Crippen LogP) is 1.31. The number of rotatable bonds is 3. The Morgan fingerprint density at radius 1 is 1.30 bits per heavy atom. The van der Waals surface area contributed by atoms with E-state index in [1.807, 2.05) is 25.3 Å². The van der Waals surface area contributed by atoms with Crippen LogP contribution < -0.4 is 5.32 Å². The number of hydrogen-bond donors (Lipinski definition) is 1. The number of likely N-dealkylation sites (tertiary alicyclic amines) is 1. The molecular formula is C18H26N6O3. The van der Waals surface area contributed by atoms with Crippen LogP contribution in [-0.4, -0.2) is 62.6 Å². The minimum atomic E-state index is -0.394. The fraction of sp³-hybridized carbons (Fsp3) is 0.667. The van der Waals surface area contributed by atoms with Crippen molar-refractivity contribution in [2.75, 3.05) is 19.6 Å². The maximum absolute atomic E-state index is 12.7. The lowest BCUT2D eigenvalue weighted by Crippen LogP contribution is -2.54. The van der Waals surface area contributed by atoms with Gasteiger partial charge in [-0.1, -0.05) is 0 Å². The lowest BCUT2D eigenvalue weighted by Gasteiger charge is -2.39. The van der Waals surface area contributed by atoms with Crippen molar-refractivity contribution in [3.05, 3.63) is 17.7 Å². The SMILES string of the molecule is CC(C)OC(=O)N1CCC(C)(NC(=O)c2cn3c(n2)CN(C#N)CC3)CC1. The van der Waals surface area contributed by atoms with Gasteiger partial charge in [-0.25, -0.2) is 9.78 Å². The summed E-state index contributed by atoms with van der Waals surface area (Å²) in [7, 11) is 0. The van der Waals surface area contributed by atoms with Gasteiger partial charge in [0.15, 0.2) is 6.19 Å². The van der Waals surface area contributed by atoms with E-state index in [0.29, 0.717) is 51.3 Å². The third kappa shape index (κ3) is 4.32.